The number of carbonyl (C=O) groups is 1. The smallest absolute Gasteiger partial charge is 0.433 e. The van der Waals surface area contributed by atoms with Crippen molar-refractivity contribution in [3.8, 4) is 11.3 Å². The second-order valence-electron chi connectivity index (χ2n) is 4.13. The van der Waals surface area contributed by atoms with E-state index in [-0.39, 0.29) is 12.1 Å². The van der Waals surface area contributed by atoms with E-state index in [0.29, 0.717) is 11.4 Å². The highest BCUT2D eigenvalue weighted by Gasteiger charge is 2.32. The molecule has 0 unspecified atom stereocenters. The Morgan fingerprint density at radius 2 is 2.10 bits per heavy atom. The molecule has 2 aromatic rings. The summed E-state index contributed by atoms with van der Waals surface area (Å²) in [5, 5.41) is 8.71. The molecule has 106 valence electrons. The summed E-state index contributed by atoms with van der Waals surface area (Å²) in [6.45, 7) is 1.30. The van der Waals surface area contributed by atoms with Gasteiger partial charge in [0, 0.05) is 17.5 Å². The third-order valence-corrected chi connectivity index (χ3v) is 2.73. The molecule has 5 nitrogen and oxygen atoms in total. The number of aliphatic carboxylic acids is 1. The van der Waals surface area contributed by atoms with Gasteiger partial charge in [0.15, 0.2) is 0 Å². The molecular weight excluding hydrogens is 275 g/mol. The zero-order valence-corrected chi connectivity index (χ0v) is 10.3. The van der Waals surface area contributed by atoms with Gasteiger partial charge in [0.2, 0.25) is 0 Å². The first kappa shape index (κ1) is 14.0. The maximum atomic E-state index is 12.6. The van der Waals surface area contributed by atoms with E-state index in [1.807, 2.05) is 0 Å². The first-order valence-corrected chi connectivity index (χ1v) is 5.56. The predicted molar refractivity (Wildman–Crippen MR) is 62.8 cm³/mol. The molecule has 0 atom stereocenters. The number of carboxylic acids is 1. The fourth-order valence-electron chi connectivity index (χ4n) is 1.76. The molecule has 0 saturated carbocycles. The lowest BCUT2D eigenvalue weighted by molar-refractivity contribution is -0.141. The van der Waals surface area contributed by atoms with Crippen molar-refractivity contribution in [1.29, 1.82) is 0 Å². The van der Waals surface area contributed by atoms with E-state index in [1.165, 1.54) is 17.0 Å². The maximum Gasteiger partial charge on any atom is 0.433 e. The Hall–Kier alpha value is -2.38. The Labute approximate surface area is 111 Å². The van der Waals surface area contributed by atoms with Gasteiger partial charge < -0.3 is 9.67 Å². The summed E-state index contributed by atoms with van der Waals surface area (Å²) in [5.74, 6) is -1.05. The molecule has 0 aliphatic heterocycles. The van der Waals surface area contributed by atoms with Gasteiger partial charge >= 0.3 is 12.1 Å². The van der Waals surface area contributed by atoms with Gasteiger partial charge in [-0.25, -0.2) is 4.98 Å². The summed E-state index contributed by atoms with van der Waals surface area (Å²) in [7, 11) is 0. The van der Waals surface area contributed by atoms with E-state index < -0.39 is 17.8 Å². The fraction of sp³-hybridized carbons (Fsp3) is 0.250. The highest BCUT2D eigenvalue weighted by atomic mass is 19.4. The van der Waals surface area contributed by atoms with Crippen LogP contribution in [0.25, 0.3) is 11.3 Å². The Morgan fingerprint density at radius 3 is 2.70 bits per heavy atom. The highest BCUT2D eigenvalue weighted by molar-refractivity contribution is 5.68. The summed E-state index contributed by atoms with van der Waals surface area (Å²) in [5.41, 5.74) is 0.0158. The topological polar surface area (TPSA) is 68.0 Å². The highest BCUT2D eigenvalue weighted by Crippen LogP contribution is 2.30. The van der Waals surface area contributed by atoms with E-state index in [0.717, 1.165) is 12.3 Å². The van der Waals surface area contributed by atoms with Crippen LogP contribution in [0.2, 0.25) is 0 Å². The van der Waals surface area contributed by atoms with Crippen molar-refractivity contribution in [2.24, 2.45) is 0 Å². The quantitative estimate of drug-likeness (QED) is 0.940. The second kappa shape index (κ2) is 4.95. The third kappa shape index (κ3) is 2.79. The first-order chi connectivity index (χ1) is 9.29. The molecule has 1 N–H and O–H groups in total. The van der Waals surface area contributed by atoms with Crippen molar-refractivity contribution in [2.45, 2.75) is 19.6 Å². The first-order valence-electron chi connectivity index (χ1n) is 5.56. The van der Waals surface area contributed by atoms with Gasteiger partial charge in [-0.05, 0) is 19.1 Å². The van der Waals surface area contributed by atoms with Gasteiger partial charge in [0.1, 0.15) is 12.2 Å². The van der Waals surface area contributed by atoms with Gasteiger partial charge in [-0.3, -0.25) is 9.78 Å². The molecule has 0 fully saturated rings. The second-order valence-corrected chi connectivity index (χ2v) is 4.13. The molecule has 0 radical (unpaired) electrons. The summed E-state index contributed by atoms with van der Waals surface area (Å²) in [4.78, 5) is 17.9. The number of imidazole rings is 1. The third-order valence-electron chi connectivity index (χ3n) is 2.73. The summed E-state index contributed by atoms with van der Waals surface area (Å²) in [6.07, 6.45) is -2.20. The van der Waals surface area contributed by atoms with Crippen LogP contribution in [-0.2, 0) is 17.5 Å². The van der Waals surface area contributed by atoms with E-state index in [9.17, 15) is 18.0 Å². The number of carboxylic acid groups (broad SMARTS) is 1. The van der Waals surface area contributed by atoms with Crippen molar-refractivity contribution < 1.29 is 23.1 Å². The van der Waals surface area contributed by atoms with Gasteiger partial charge in [-0.2, -0.15) is 13.2 Å². The molecule has 0 spiro atoms. The van der Waals surface area contributed by atoms with Crippen molar-refractivity contribution >= 4 is 5.97 Å². The van der Waals surface area contributed by atoms with E-state index in [1.54, 1.807) is 6.92 Å². The molecule has 0 aliphatic carbocycles. The van der Waals surface area contributed by atoms with Crippen LogP contribution in [0.4, 0.5) is 13.2 Å². The number of halogens is 3. The molecule has 0 aliphatic rings. The summed E-state index contributed by atoms with van der Waals surface area (Å²) >= 11 is 0. The fourth-order valence-corrected chi connectivity index (χ4v) is 1.76. The van der Waals surface area contributed by atoms with Crippen LogP contribution in [-0.4, -0.2) is 25.6 Å². The Morgan fingerprint density at radius 1 is 1.40 bits per heavy atom. The molecule has 0 amide bonds. The van der Waals surface area contributed by atoms with Crippen LogP contribution in [0, 0.1) is 6.92 Å². The minimum Gasteiger partial charge on any atom is -0.480 e. The molecular formula is C12H10F3N3O2. The normalized spacial score (nSPS) is 11.6. The number of alkyl halides is 3. The van der Waals surface area contributed by atoms with Crippen LogP contribution < -0.4 is 0 Å². The van der Waals surface area contributed by atoms with Gasteiger partial charge in [0.25, 0.3) is 0 Å². The molecule has 2 rings (SSSR count). The van der Waals surface area contributed by atoms with Crippen molar-refractivity contribution in [3.63, 3.8) is 0 Å². The van der Waals surface area contributed by atoms with E-state index in [4.69, 9.17) is 5.11 Å². The van der Waals surface area contributed by atoms with E-state index >= 15 is 0 Å². The average Bonchev–Trinajstić information content (AvgIpc) is 2.69. The largest absolute Gasteiger partial charge is 0.480 e. The van der Waals surface area contributed by atoms with Crippen molar-refractivity contribution in [1.82, 2.24) is 14.5 Å². The number of hydrogen-bond donors (Lipinski definition) is 1. The Kier molecular flexibility index (Phi) is 3.47. The average molecular weight is 285 g/mol. The summed E-state index contributed by atoms with van der Waals surface area (Å²) < 4.78 is 39.1. The SMILES string of the molecule is Cc1c(-c2ccnc(C(F)(F)F)c2)ncn1CC(=O)O. The van der Waals surface area contributed by atoms with Crippen LogP contribution in [0.1, 0.15) is 11.4 Å². The predicted octanol–water partition coefficient (Wildman–Crippen LogP) is 2.36. The van der Waals surface area contributed by atoms with Crippen LogP contribution in [0.5, 0.6) is 0 Å². The lowest BCUT2D eigenvalue weighted by atomic mass is 10.1. The number of rotatable bonds is 3. The number of pyridine rings is 1. The number of nitrogens with zero attached hydrogens (tertiary/aromatic N) is 3. The molecule has 0 saturated heterocycles. The molecule has 0 bridgehead atoms. The Bertz CT molecular complexity index is 650. The van der Waals surface area contributed by atoms with Crippen molar-refractivity contribution in [3.05, 3.63) is 36.0 Å². The van der Waals surface area contributed by atoms with Gasteiger partial charge in [0.05, 0.1) is 12.0 Å². The van der Waals surface area contributed by atoms with E-state index in [2.05, 4.69) is 9.97 Å². The number of aromatic nitrogens is 3. The van der Waals surface area contributed by atoms with Crippen molar-refractivity contribution in [2.75, 3.05) is 0 Å². The maximum absolute atomic E-state index is 12.6. The zero-order valence-electron chi connectivity index (χ0n) is 10.3. The lowest BCUT2D eigenvalue weighted by Gasteiger charge is -2.07. The molecule has 2 aromatic heterocycles. The molecule has 8 heteroatoms. The molecule has 20 heavy (non-hydrogen) atoms. The monoisotopic (exact) mass is 285 g/mol. The minimum absolute atomic E-state index is 0.244. The van der Waals surface area contributed by atoms with Crippen LogP contribution >= 0.6 is 0 Å². The standard InChI is InChI=1S/C12H10F3N3O2/c1-7-11(17-6-18(7)5-10(19)20)8-2-3-16-9(4-8)12(13,14)15/h2-4,6H,5H2,1H3,(H,19,20). The van der Waals surface area contributed by atoms with Crippen LogP contribution in [0.15, 0.2) is 24.7 Å². The molecule has 2 heterocycles. The lowest BCUT2D eigenvalue weighted by Crippen LogP contribution is -2.09. The Balaban J connectivity index is 2.42. The number of hydrogen-bond acceptors (Lipinski definition) is 3. The minimum atomic E-state index is -4.53. The molecule has 0 aromatic carbocycles. The van der Waals surface area contributed by atoms with Gasteiger partial charge in [-0.15, -0.1) is 0 Å². The van der Waals surface area contributed by atoms with Gasteiger partial charge in [-0.1, -0.05) is 0 Å². The summed E-state index contributed by atoms with van der Waals surface area (Å²) in [6, 6.07) is 2.29. The van der Waals surface area contributed by atoms with Crippen LogP contribution in [0.3, 0.4) is 0 Å². The zero-order chi connectivity index (χ0) is 14.9.